The molecule has 0 N–H and O–H groups in total. The lowest BCUT2D eigenvalue weighted by Gasteiger charge is -2.37. The molecule has 1 aliphatic carbocycles. The maximum absolute atomic E-state index is 6.40. The zero-order valence-corrected chi connectivity index (χ0v) is 17.7. The number of nitrogens with zero attached hydrogens (tertiary/aromatic N) is 2. The summed E-state index contributed by atoms with van der Waals surface area (Å²) in [6, 6.07) is 0. The molecule has 0 bridgehead atoms. The molecule has 1 fully saturated rings. The molecule has 1 aromatic heterocycles. The quantitative estimate of drug-likeness (QED) is 0.614. The molecule has 0 radical (unpaired) electrons. The molecular formula is C17H34N2OSSi. The van der Waals surface area contributed by atoms with Gasteiger partial charge < -0.3 is 4.43 Å². The molecule has 1 aliphatic rings. The van der Waals surface area contributed by atoms with Gasteiger partial charge >= 0.3 is 0 Å². The predicted molar refractivity (Wildman–Crippen MR) is 99.1 cm³/mol. The SMILES string of the molecule is CC.CC1CC(c2nnc([C@H](C)O[Si](C)(C)C(C)(C)C)s2)C1. The van der Waals surface area contributed by atoms with E-state index in [-0.39, 0.29) is 11.1 Å². The smallest absolute Gasteiger partial charge is 0.193 e. The van der Waals surface area contributed by atoms with Gasteiger partial charge in [0.2, 0.25) is 0 Å². The minimum absolute atomic E-state index is 0.0691. The first kappa shape index (κ1) is 19.8. The molecule has 0 unspecified atom stereocenters. The normalized spacial score (nSPS) is 23.3. The Morgan fingerprint density at radius 3 is 2.18 bits per heavy atom. The molecule has 1 saturated carbocycles. The van der Waals surface area contributed by atoms with Crippen LogP contribution in [0.2, 0.25) is 18.1 Å². The molecule has 2 rings (SSSR count). The van der Waals surface area contributed by atoms with E-state index in [1.165, 1.54) is 17.8 Å². The van der Waals surface area contributed by atoms with Crippen molar-refractivity contribution in [3.8, 4) is 0 Å². The van der Waals surface area contributed by atoms with E-state index in [2.05, 4.69) is 57.9 Å². The van der Waals surface area contributed by atoms with Crippen LogP contribution in [0, 0.1) is 5.92 Å². The molecule has 0 aromatic carbocycles. The minimum atomic E-state index is -1.74. The van der Waals surface area contributed by atoms with Crippen LogP contribution in [-0.2, 0) is 4.43 Å². The molecule has 3 nitrogen and oxygen atoms in total. The average molecular weight is 343 g/mol. The monoisotopic (exact) mass is 342 g/mol. The van der Waals surface area contributed by atoms with Crippen molar-refractivity contribution in [2.24, 2.45) is 5.92 Å². The van der Waals surface area contributed by atoms with Gasteiger partial charge in [-0.1, -0.05) is 52.9 Å². The van der Waals surface area contributed by atoms with Crippen LogP contribution in [-0.4, -0.2) is 18.5 Å². The van der Waals surface area contributed by atoms with Gasteiger partial charge in [-0.15, -0.1) is 10.2 Å². The lowest BCUT2D eigenvalue weighted by atomic mass is 9.77. The molecule has 1 aromatic rings. The zero-order chi connectivity index (χ0) is 17.1. The second-order valence-corrected chi connectivity index (χ2v) is 13.6. The molecule has 0 amide bonds. The third-order valence-electron chi connectivity index (χ3n) is 4.80. The number of hydrogen-bond donors (Lipinski definition) is 0. The fourth-order valence-corrected chi connectivity index (χ4v) is 4.73. The van der Waals surface area contributed by atoms with Crippen LogP contribution in [0.5, 0.6) is 0 Å². The van der Waals surface area contributed by atoms with Crippen molar-refractivity contribution in [3.05, 3.63) is 10.0 Å². The summed E-state index contributed by atoms with van der Waals surface area (Å²) in [4.78, 5) is 0. The van der Waals surface area contributed by atoms with Gasteiger partial charge in [-0.05, 0) is 43.8 Å². The maximum atomic E-state index is 6.40. The third kappa shape index (κ3) is 4.62. The molecule has 1 heterocycles. The largest absolute Gasteiger partial charge is 0.408 e. The molecule has 5 heteroatoms. The second kappa shape index (κ2) is 7.54. The van der Waals surface area contributed by atoms with E-state index in [1.807, 2.05) is 13.8 Å². The Kier molecular flexibility index (Phi) is 6.78. The Hall–Kier alpha value is -0.263. The first-order valence-electron chi connectivity index (χ1n) is 8.61. The standard InChI is InChI=1S/C15H28N2OSSi.C2H6/c1-10-8-12(9-10)14-17-16-13(19-14)11(2)18-20(6,7)15(3,4)5;1-2/h10-12H,8-9H2,1-7H3;1-2H3/t10?,11-,12?;/m0./s1. The summed E-state index contributed by atoms with van der Waals surface area (Å²) in [6.45, 7) is 19.8. The summed E-state index contributed by atoms with van der Waals surface area (Å²) in [5, 5.41) is 11.3. The van der Waals surface area contributed by atoms with E-state index in [0.717, 1.165) is 10.9 Å². The van der Waals surface area contributed by atoms with Crippen LogP contribution < -0.4 is 0 Å². The maximum Gasteiger partial charge on any atom is 0.193 e. The van der Waals surface area contributed by atoms with Crippen LogP contribution in [0.3, 0.4) is 0 Å². The zero-order valence-electron chi connectivity index (χ0n) is 15.9. The van der Waals surface area contributed by atoms with E-state index < -0.39 is 8.32 Å². The van der Waals surface area contributed by atoms with E-state index in [4.69, 9.17) is 4.43 Å². The molecule has 0 saturated heterocycles. The molecular weight excluding hydrogens is 308 g/mol. The number of hydrogen-bond acceptors (Lipinski definition) is 4. The van der Waals surface area contributed by atoms with Gasteiger partial charge in [0.05, 0.1) is 6.10 Å². The Balaban J connectivity index is 0.00000116. The van der Waals surface area contributed by atoms with Crippen molar-refractivity contribution in [1.82, 2.24) is 10.2 Å². The molecule has 0 aliphatic heterocycles. The summed E-state index contributed by atoms with van der Waals surface area (Å²) in [7, 11) is -1.74. The van der Waals surface area contributed by atoms with Gasteiger partial charge in [0.25, 0.3) is 0 Å². The second-order valence-electron chi connectivity index (χ2n) is 7.77. The van der Waals surface area contributed by atoms with E-state index >= 15 is 0 Å². The predicted octanol–water partition coefficient (Wildman–Crippen LogP) is 6.16. The van der Waals surface area contributed by atoms with Crippen molar-refractivity contribution in [1.29, 1.82) is 0 Å². The van der Waals surface area contributed by atoms with Crippen LogP contribution in [0.4, 0.5) is 0 Å². The van der Waals surface area contributed by atoms with Gasteiger partial charge in [-0.25, -0.2) is 0 Å². The lowest BCUT2D eigenvalue weighted by molar-refractivity contribution is 0.201. The van der Waals surface area contributed by atoms with Crippen molar-refractivity contribution >= 4 is 19.7 Å². The number of rotatable bonds is 4. The first-order valence-corrected chi connectivity index (χ1v) is 12.3. The molecule has 22 heavy (non-hydrogen) atoms. The van der Waals surface area contributed by atoms with Crippen LogP contribution >= 0.6 is 11.3 Å². The summed E-state index contributed by atoms with van der Waals surface area (Å²) in [5.74, 6) is 1.50. The highest BCUT2D eigenvalue weighted by Gasteiger charge is 2.39. The highest BCUT2D eigenvalue weighted by molar-refractivity contribution is 7.11. The topological polar surface area (TPSA) is 35.0 Å². The average Bonchev–Trinajstić information content (AvgIpc) is 2.85. The first-order chi connectivity index (χ1) is 10.1. The minimum Gasteiger partial charge on any atom is -0.408 e. The van der Waals surface area contributed by atoms with Crippen molar-refractivity contribution in [2.45, 2.75) is 91.5 Å². The van der Waals surface area contributed by atoms with E-state index in [0.29, 0.717) is 5.92 Å². The summed E-state index contributed by atoms with van der Waals surface area (Å²) >= 11 is 1.75. The van der Waals surface area contributed by atoms with Crippen LogP contribution in [0.25, 0.3) is 0 Å². The Morgan fingerprint density at radius 2 is 1.73 bits per heavy atom. The van der Waals surface area contributed by atoms with Crippen molar-refractivity contribution < 1.29 is 4.43 Å². The van der Waals surface area contributed by atoms with Crippen molar-refractivity contribution in [2.75, 3.05) is 0 Å². The van der Waals surface area contributed by atoms with Gasteiger partial charge in [0.15, 0.2) is 8.32 Å². The molecule has 1 atom stereocenters. The van der Waals surface area contributed by atoms with Crippen molar-refractivity contribution in [3.63, 3.8) is 0 Å². The van der Waals surface area contributed by atoms with E-state index in [9.17, 15) is 0 Å². The fourth-order valence-electron chi connectivity index (χ4n) is 2.35. The van der Waals surface area contributed by atoms with E-state index in [1.54, 1.807) is 11.3 Å². The van der Waals surface area contributed by atoms with Gasteiger partial charge in [0.1, 0.15) is 10.0 Å². The Labute approximate surface area is 142 Å². The van der Waals surface area contributed by atoms with Crippen LogP contribution in [0.1, 0.15) is 83.3 Å². The summed E-state index contributed by atoms with van der Waals surface area (Å²) in [6.07, 6.45) is 2.61. The highest BCUT2D eigenvalue weighted by Crippen LogP contribution is 2.44. The Morgan fingerprint density at radius 1 is 1.18 bits per heavy atom. The summed E-state index contributed by atoms with van der Waals surface area (Å²) < 4.78 is 6.40. The molecule has 128 valence electrons. The lowest BCUT2D eigenvalue weighted by Crippen LogP contribution is -2.41. The highest BCUT2D eigenvalue weighted by atomic mass is 32.1. The van der Waals surface area contributed by atoms with Crippen LogP contribution in [0.15, 0.2) is 0 Å². The third-order valence-corrected chi connectivity index (χ3v) is 10.6. The number of aromatic nitrogens is 2. The Bertz CT molecular complexity index is 461. The molecule has 0 spiro atoms. The van der Waals surface area contributed by atoms with Gasteiger partial charge in [0, 0.05) is 5.92 Å². The summed E-state index contributed by atoms with van der Waals surface area (Å²) in [5.41, 5.74) is 0. The fraction of sp³-hybridized carbons (Fsp3) is 0.882. The van der Waals surface area contributed by atoms with Gasteiger partial charge in [-0.2, -0.15) is 0 Å². The van der Waals surface area contributed by atoms with Gasteiger partial charge in [-0.3, -0.25) is 0 Å².